The smallest absolute Gasteiger partial charge is 0.257 e. The molecule has 0 spiro atoms. The summed E-state index contributed by atoms with van der Waals surface area (Å²) in [5.74, 6) is 19.3. The third kappa shape index (κ3) is 21.5. The van der Waals surface area contributed by atoms with Crippen LogP contribution in [0.3, 0.4) is 0 Å². The topological polar surface area (TPSA) is 236 Å². The van der Waals surface area contributed by atoms with Crippen LogP contribution in [0.15, 0.2) is 171 Å². The van der Waals surface area contributed by atoms with E-state index < -0.39 is 0 Å². The van der Waals surface area contributed by atoms with Crippen LogP contribution in [0.2, 0.25) is 0 Å². The van der Waals surface area contributed by atoms with E-state index >= 15 is 0 Å². The second-order valence-electron chi connectivity index (χ2n) is 30.3. The Bertz CT molecular complexity index is 5400. The maximum absolute atomic E-state index is 13.0. The van der Waals surface area contributed by atoms with Gasteiger partial charge in [-0.1, -0.05) is 57.2 Å². The highest BCUT2D eigenvalue weighted by molar-refractivity contribution is 6.05. The molecule has 3 aromatic carbocycles. The largest absolute Gasteiger partial charge is 0.322 e. The highest BCUT2D eigenvalue weighted by atomic mass is 16.2. The Balaban J connectivity index is 0.000000149. The maximum atomic E-state index is 13.0. The van der Waals surface area contributed by atoms with E-state index in [4.69, 9.17) is 10.2 Å². The minimum Gasteiger partial charge on any atom is -0.322 e. The Labute approximate surface area is 667 Å². The van der Waals surface area contributed by atoms with Crippen LogP contribution in [0.25, 0.3) is 16.9 Å². The lowest BCUT2D eigenvalue weighted by Crippen LogP contribution is -2.43. The first-order valence-electron chi connectivity index (χ1n) is 38.7. The Kier molecular flexibility index (Phi) is 26.2. The van der Waals surface area contributed by atoms with Gasteiger partial charge < -0.3 is 30.7 Å². The molecule has 3 N–H and O–H groups in total. The summed E-state index contributed by atoms with van der Waals surface area (Å²) in [6.07, 6.45) is 20.9. The number of imidazole rings is 3. The standard InChI is InChI=1S/C31H33N7O.C31H35N7O.C27H27N7O.CH4/c1-22-15-27(7-6-25(22)21-37-13-11-36(2)12-14-37)34-31(39)26-16-24(18-32-19-26)5-9-29-20-33-30-10-8-28(35-38(29)30)17-23-3-4-23;1-22(2)15-28-8-10-30-33-20-29(38(30)35-28)9-5-24-17-26(19-32-18-24)31(39)34-27-7-6-25(23(3)16-27)21-37-13-11-36(4)12-14-37;1-20-14-24(7-6-22(20)19-33-12-10-32(2)11-13-33)31-27(35)23-15-21(16-28-17-23)5-8-25-18-29-26-4-3-9-30-34(25)26;/h6-8,10,15-16,18-20,23H,3-4,11-14,17,21H2,1-2H3,(H,34,39);6-8,10,16-20,22H,11-15,21H2,1-4H3,(H,34,39);3-4,6-7,9,14-18H,10-13,19H2,1-2H3,(H,31,35);1H4. The number of amides is 3. The molecule has 0 unspecified atom stereocenters. The Morgan fingerprint density at radius 1 is 0.421 bits per heavy atom. The monoisotopic (exact) mass is 1520 g/mol. The summed E-state index contributed by atoms with van der Waals surface area (Å²) in [4.78, 5) is 79.2. The van der Waals surface area contributed by atoms with Crippen LogP contribution in [-0.2, 0) is 32.5 Å². The Hall–Kier alpha value is -12.2. The zero-order valence-electron chi connectivity index (χ0n) is 65.5. The fourth-order valence-corrected chi connectivity index (χ4v) is 13.7. The van der Waals surface area contributed by atoms with E-state index in [1.54, 1.807) is 93.7 Å². The first-order chi connectivity index (χ1) is 54.9. The first kappa shape index (κ1) is 79.9. The molecule has 582 valence electrons. The predicted molar refractivity (Wildman–Crippen MR) is 447 cm³/mol. The lowest BCUT2D eigenvalue weighted by Gasteiger charge is -2.32. The van der Waals surface area contributed by atoms with Gasteiger partial charge in [0.05, 0.1) is 46.7 Å². The molecule has 16 rings (SSSR count). The van der Waals surface area contributed by atoms with Crippen LogP contribution in [0.1, 0.15) is 144 Å². The third-order valence-corrected chi connectivity index (χ3v) is 20.7. The highest BCUT2D eigenvalue weighted by Gasteiger charge is 2.24. The van der Waals surface area contributed by atoms with Crippen LogP contribution in [0.4, 0.5) is 17.1 Å². The van der Waals surface area contributed by atoms with Gasteiger partial charge in [-0.2, -0.15) is 15.3 Å². The van der Waals surface area contributed by atoms with Crippen molar-refractivity contribution < 1.29 is 14.4 Å². The lowest BCUT2D eigenvalue weighted by atomic mass is 10.1. The van der Waals surface area contributed by atoms with Gasteiger partial charge in [0.15, 0.2) is 16.9 Å². The zero-order chi connectivity index (χ0) is 78.3. The molecule has 24 nitrogen and oxygen atoms in total. The van der Waals surface area contributed by atoms with E-state index in [1.165, 1.54) is 46.2 Å². The fourth-order valence-electron chi connectivity index (χ4n) is 13.7. The van der Waals surface area contributed by atoms with Crippen LogP contribution in [0.5, 0.6) is 0 Å². The number of piperazine rings is 3. The average Bonchev–Trinajstić information content (AvgIpc) is 1.67. The quantitative estimate of drug-likeness (QED) is 0.0763. The number of hydrogen-bond donors (Lipinski definition) is 3. The number of carbonyl (C=O) groups excluding carboxylic acids is 3. The second-order valence-corrected chi connectivity index (χ2v) is 30.3. The van der Waals surface area contributed by atoms with E-state index in [0.29, 0.717) is 56.4 Å². The fraction of sp³-hybridized carbons (Fsp3) is 0.333. The maximum Gasteiger partial charge on any atom is 0.257 e. The molecule has 24 heteroatoms. The highest BCUT2D eigenvalue weighted by Crippen LogP contribution is 2.32. The van der Waals surface area contributed by atoms with Gasteiger partial charge in [-0.05, 0) is 222 Å². The van der Waals surface area contributed by atoms with Crippen molar-refractivity contribution in [1.82, 2.24) is 88.1 Å². The molecule has 0 atom stereocenters. The molecule has 3 saturated heterocycles. The van der Waals surface area contributed by atoms with Crippen molar-refractivity contribution >= 4 is 51.7 Å². The lowest BCUT2D eigenvalue weighted by molar-refractivity contribution is 0.101. The van der Waals surface area contributed by atoms with Crippen molar-refractivity contribution in [1.29, 1.82) is 0 Å². The number of likely N-dealkylation sites (N-methyl/N-ethyl adjacent to an activating group) is 3. The molecule has 3 amide bonds. The molecule has 3 aliphatic heterocycles. The SMILES string of the molecule is C.Cc1cc(NC(=O)c2cncc(C#Cc3cnc4ccc(CC(C)C)nn34)c2)ccc1CN1CCN(C)CC1.Cc1cc(NC(=O)c2cncc(C#Cc3cnc4ccc(CC5CC5)nn34)c2)ccc1CN1CCN(C)CC1.Cc1cc(NC(=O)c2cncc(C#Cc3cnc4cccnn34)c2)ccc1CN1CCN(C)CC1. The molecule has 12 aromatic rings. The normalized spacial score (nSPS) is 14.9. The van der Waals surface area contributed by atoms with Crippen LogP contribution in [-0.4, -0.2) is 206 Å². The van der Waals surface area contributed by atoms with Crippen LogP contribution < -0.4 is 16.0 Å². The number of aromatic nitrogens is 12. The van der Waals surface area contributed by atoms with Crippen molar-refractivity contribution in [3.63, 3.8) is 0 Å². The van der Waals surface area contributed by atoms with Crippen molar-refractivity contribution in [2.24, 2.45) is 11.8 Å². The summed E-state index contributed by atoms with van der Waals surface area (Å²) in [7, 11) is 6.50. The van der Waals surface area contributed by atoms with Crippen LogP contribution in [0, 0.1) is 68.1 Å². The zero-order valence-corrected chi connectivity index (χ0v) is 65.5. The molecule has 0 bridgehead atoms. The van der Waals surface area contributed by atoms with Gasteiger partial charge in [0.25, 0.3) is 17.7 Å². The van der Waals surface area contributed by atoms with Gasteiger partial charge in [-0.15, -0.1) is 0 Å². The van der Waals surface area contributed by atoms with Gasteiger partial charge in [-0.3, -0.25) is 44.0 Å². The predicted octanol–water partition coefficient (Wildman–Crippen LogP) is 11.3. The molecule has 114 heavy (non-hydrogen) atoms. The Morgan fingerprint density at radius 3 is 1.15 bits per heavy atom. The first-order valence-corrected chi connectivity index (χ1v) is 38.7. The van der Waals surface area contributed by atoms with E-state index in [1.807, 2.05) is 72.8 Å². The number of fused-ring (bicyclic) bond motifs is 3. The summed E-state index contributed by atoms with van der Waals surface area (Å²) in [5, 5.41) is 22.7. The molecule has 4 aliphatic rings. The van der Waals surface area contributed by atoms with E-state index in [-0.39, 0.29) is 25.1 Å². The number of nitrogens with zero attached hydrogens (tertiary/aromatic N) is 18. The number of nitrogens with one attached hydrogen (secondary N) is 3. The van der Waals surface area contributed by atoms with Gasteiger partial charge in [-0.25, -0.2) is 28.5 Å². The minimum atomic E-state index is -0.219. The molecule has 4 fully saturated rings. The third-order valence-electron chi connectivity index (χ3n) is 20.7. The molecular formula is C90H99N21O3. The number of pyridine rings is 3. The van der Waals surface area contributed by atoms with Gasteiger partial charge in [0, 0.05) is 175 Å². The number of rotatable bonds is 16. The summed E-state index contributed by atoms with van der Waals surface area (Å²) < 4.78 is 5.24. The van der Waals surface area contributed by atoms with Crippen molar-refractivity contribution in [2.45, 2.75) is 87.4 Å². The number of benzene rings is 3. The molecule has 9 aromatic heterocycles. The van der Waals surface area contributed by atoms with Crippen LogP contribution >= 0.6 is 0 Å². The van der Waals surface area contributed by atoms with Crippen molar-refractivity contribution in [3.8, 4) is 35.5 Å². The van der Waals surface area contributed by atoms with Gasteiger partial charge in [0.1, 0.15) is 17.1 Å². The molecule has 12 heterocycles. The van der Waals surface area contributed by atoms with Gasteiger partial charge >= 0.3 is 0 Å². The summed E-state index contributed by atoms with van der Waals surface area (Å²) in [5.41, 5.74) is 19.4. The average molecular weight is 1520 g/mol. The number of anilines is 3. The van der Waals surface area contributed by atoms with Crippen molar-refractivity contribution in [3.05, 3.63) is 266 Å². The number of carbonyl (C=O) groups is 3. The minimum absolute atomic E-state index is 0. The van der Waals surface area contributed by atoms with Crippen molar-refractivity contribution in [2.75, 3.05) is 116 Å². The van der Waals surface area contributed by atoms with Gasteiger partial charge in [0.2, 0.25) is 0 Å². The Morgan fingerprint density at radius 2 is 0.781 bits per heavy atom. The summed E-state index contributed by atoms with van der Waals surface area (Å²) in [6.45, 7) is 26.5. The van der Waals surface area contributed by atoms with E-state index in [2.05, 4.69) is 190 Å². The van der Waals surface area contributed by atoms with E-state index in [9.17, 15) is 14.4 Å². The number of aryl methyl sites for hydroxylation is 3. The summed E-state index contributed by atoms with van der Waals surface area (Å²) in [6, 6.07) is 35.3. The van der Waals surface area contributed by atoms with E-state index in [0.717, 1.165) is 162 Å². The molecule has 0 radical (unpaired) electrons. The summed E-state index contributed by atoms with van der Waals surface area (Å²) >= 11 is 0. The molecule has 1 aliphatic carbocycles. The number of hydrogen-bond acceptors (Lipinski definition) is 18. The molecule has 1 saturated carbocycles. The molecular weight excluding hydrogens is 1420 g/mol. The second kappa shape index (κ2) is 37.4.